The standard InChI is InChI=1S/C18H29N3O2S2/c1-3-7-17(22)19-10-14-24-25-15-11-20-18(23)9-6-13-21-12-5-4-8-16(21)2/h4-5,8,12H,3,6-7,9-11,13-15H2,1-2H3,(H-,19,20,22,23)/p+1. The van der Waals surface area contributed by atoms with E-state index in [0.717, 1.165) is 30.9 Å². The molecule has 1 heterocycles. The van der Waals surface area contributed by atoms with Crippen LogP contribution in [0.25, 0.3) is 0 Å². The zero-order valence-electron chi connectivity index (χ0n) is 15.3. The van der Waals surface area contributed by atoms with E-state index in [4.69, 9.17) is 0 Å². The molecule has 1 rings (SSSR count). The quantitative estimate of drug-likeness (QED) is 0.312. The zero-order chi connectivity index (χ0) is 18.3. The number of aromatic nitrogens is 1. The Hall–Kier alpha value is -1.21. The number of hydrogen-bond acceptors (Lipinski definition) is 4. The van der Waals surface area contributed by atoms with E-state index in [9.17, 15) is 9.59 Å². The molecule has 0 spiro atoms. The lowest BCUT2D eigenvalue weighted by molar-refractivity contribution is -0.703. The van der Waals surface area contributed by atoms with Crippen molar-refractivity contribution in [3.8, 4) is 0 Å². The second-order valence-corrected chi connectivity index (χ2v) is 8.43. The van der Waals surface area contributed by atoms with E-state index in [-0.39, 0.29) is 11.8 Å². The molecule has 1 aromatic heterocycles. The molecule has 0 aliphatic carbocycles. The fourth-order valence-corrected chi connectivity index (χ4v) is 4.02. The molecule has 2 N–H and O–H groups in total. The maximum atomic E-state index is 11.8. The summed E-state index contributed by atoms with van der Waals surface area (Å²) in [7, 11) is 3.46. The van der Waals surface area contributed by atoms with Crippen molar-refractivity contribution in [3.05, 3.63) is 30.1 Å². The lowest BCUT2D eigenvalue weighted by atomic mass is 10.2. The van der Waals surface area contributed by atoms with Gasteiger partial charge in [-0.2, -0.15) is 0 Å². The van der Waals surface area contributed by atoms with Crippen molar-refractivity contribution in [2.75, 3.05) is 24.6 Å². The topological polar surface area (TPSA) is 62.1 Å². The van der Waals surface area contributed by atoms with Crippen LogP contribution in [0, 0.1) is 6.92 Å². The van der Waals surface area contributed by atoms with Gasteiger partial charge in [-0.3, -0.25) is 9.59 Å². The third-order valence-corrected chi connectivity index (χ3v) is 5.95. The normalized spacial score (nSPS) is 10.5. The molecule has 0 saturated heterocycles. The Morgan fingerprint density at radius 2 is 1.68 bits per heavy atom. The van der Waals surface area contributed by atoms with Crippen LogP contribution in [0.2, 0.25) is 0 Å². The number of rotatable bonds is 13. The van der Waals surface area contributed by atoms with Gasteiger partial charge < -0.3 is 10.6 Å². The summed E-state index contributed by atoms with van der Waals surface area (Å²) in [6.45, 7) is 6.34. The fourth-order valence-electron chi connectivity index (χ4n) is 2.21. The van der Waals surface area contributed by atoms with Crippen molar-refractivity contribution in [1.29, 1.82) is 0 Å². The van der Waals surface area contributed by atoms with E-state index < -0.39 is 0 Å². The molecular weight excluding hydrogens is 354 g/mol. The highest BCUT2D eigenvalue weighted by atomic mass is 33.1. The van der Waals surface area contributed by atoms with Crippen molar-refractivity contribution in [3.63, 3.8) is 0 Å². The first-order chi connectivity index (χ1) is 12.1. The molecule has 25 heavy (non-hydrogen) atoms. The molecule has 1 aromatic rings. The molecule has 2 amide bonds. The molecule has 0 fully saturated rings. The monoisotopic (exact) mass is 384 g/mol. The second-order valence-electron chi connectivity index (χ2n) is 5.73. The molecule has 0 aliphatic heterocycles. The van der Waals surface area contributed by atoms with Gasteiger partial charge in [-0.1, -0.05) is 34.6 Å². The molecule has 140 valence electrons. The van der Waals surface area contributed by atoms with E-state index in [0.29, 0.717) is 25.9 Å². The zero-order valence-corrected chi connectivity index (χ0v) is 16.9. The first-order valence-electron chi connectivity index (χ1n) is 8.86. The predicted molar refractivity (Wildman–Crippen MR) is 106 cm³/mol. The molecule has 0 aromatic carbocycles. The highest BCUT2D eigenvalue weighted by Gasteiger charge is 2.06. The first kappa shape index (κ1) is 21.8. The summed E-state index contributed by atoms with van der Waals surface area (Å²) in [5.74, 6) is 2.02. The average molecular weight is 385 g/mol. The summed E-state index contributed by atoms with van der Waals surface area (Å²) in [6, 6.07) is 6.11. The Balaban J connectivity index is 1.93. The van der Waals surface area contributed by atoms with E-state index in [2.05, 4.69) is 28.2 Å². The van der Waals surface area contributed by atoms with Gasteiger partial charge in [0, 0.05) is 62.9 Å². The summed E-state index contributed by atoms with van der Waals surface area (Å²) < 4.78 is 2.17. The van der Waals surface area contributed by atoms with E-state index >= 15 is 0 Å². The Bertz CT molecular complexity index is 527. The van der Waals surface area contributed by atoms with E-state index in [1.165, 1.54) is 5.69 Å². The summed E-state index contributed by atoms with van der Waals surface area (Å²) in [5.41, 5.74) is 1.21. The highest BCUT2D eigenvalue weighted by molar-refractivity contribution is 8.76. The third kappa shape index (κ3) is 11.1. The van der Waals surface area contributed by atoms with Gasteiger partial charge in [0.05, 0.1) is 0 Å². The fraction of sp³-hybridized carbons (Fsp3) is 0.611. The lowest BCUT2D eigenvalue weighted by Gasteiger charge is -2.05. The number of pyridine rings is 1. The van der Waals surface area contributed by atoms with Crippen molar-refractivity contribution in [1.82, 2.24) is 10.6 Å². The number of carbonyl (C=O) groups excluding carboxylic acids is 2. The average Bonchev–Trinajstić information content (AvgIpc) is 2.59. The molecule has 0 atom stereocenters. The van der Waals surface area contributed by atoms with Crippen LogP contribution in [-0.4, -0.2) is 36.4 Å². The molecule has 7 heteroatoms. The van der Waals surface area contributed by atoms with Crippen molar-refractivity contribution < 1.29 is 14.2 Å². The highest BCUT2D eigenvalue weighted by Crippen LogP contribution is 2.19. The predicted octanol–water partition coefficient (Wildman–Crippen LogP) is 2.48. The molecular formula is C18H30N3O2S2+. The smallest absolute Gasteiger partial charge is 0.220 e. The van der Waals surface area contributed by atoms with E-state index in [1.807, 2.05) is 25.3 Å². The van der Waals surface area contributed by atoms with Crippen molar-refractivity contribution in [2.45, 2.75) is 46.1 Å². The van der Waals surface area contributed by atoms with E-state index in [1.54, 1.807) is 21.6 Å². The molecule has 0 unspecified atom stereocenters. The first-order valence-corrected chi connectivity index (χ1v) is 11.3. The maximum absolute atomic E-state index is 11.8. The second kappa shape index (κ2) is 14.0. The van der Waals surface area contributed by atoms with Crippen LogP contribution < -0.4 is 15.2 Å². The van der Waals surface area contributed by atoms with Crippen molar-refractivity contribution in [2.24, 2.45) is 0 Å². The van der Waals surface area contributed by atoms with Gasteiger partial charge in [0.15, 0.2) is 11.9 Å². The van der Waals surface area contributed by atoms with Crippen LogP contribution in [0.3, 0.4) is 0 Å². The number of aryl methyl sites for hydroxylation is 2. The number of hydrogen-bond donors (Lipinski definition) is 2. The number of amides is 2. The Labute approximate surface area is 159 Å². The minimum Gasteiger partial charge on any atom is -0.355 e. The number of nitrogens with one attached hydrogen (secondary N) is 2. The molecule has 0 saturated carbocycles. The molecule has 5 nitrogen and oxygen atoms in total. The summed E-state index contributed by atoms with van der Waals surface area (Å²) in [4.78, 5) is 23.1. The SMILES string of the molecule is CCCC(=O)NCCSSCCNC(=O)CCC[n+]1ccccc1C. The van der Waals surface area contributed by atoms with Crippen LogP contribution in [0.15, 0.2) is 24.4 Å². The molecule has 0 aliphatic rings. The van der Waals surface area contributed by atoms with Crippen molar-refractivity contribution >= 4 is 33.4 Å². The van der Waals surface area contributed by atoms with Gasteiger partial charge in [-0.05, 0) is 6.42 Å². The lowest BCUT2D eigenvalue weighted by Crippen LogP contribution is -2.37. The maximum Gasteiger partial charge on any atom is 0.220 e. The van der Waals surface area contributed by atoms with Gasteiger partial charge >= 0.3 is 0 Å². The van der Waals surface area contributed by atoms with Crippen LogP contribution in [0.4, 0.5) is 0 Å². The van der Waals surface area contributed by atoms with Crippen LogP contribution in [0.1, 0.15) is 38.3 Å². The number of nitrogens with zero attached hydrogens (tertiary/aromatic N) is 1. The van der Waals surface area contributed by atoms with Gasteiger partial charge in [0.25, 0.3) is 0 Å². The number of carbonyl (C=O) groups is 2. The van der Waals surface area contributed by atoms with Crippen LogP contribution in [0.5, 0.6) is 0 Å². The largest absolute Gasteiger partial charge is 0.355 e. The minimum atomic E-state index is 0.117. The Morgan fingerprint density at radius 3 is 2.28 bits per heavy atom. The van der Waals surface area contributed by atoms with Gasteiger partial charge in [-0.25, -0.2) is 4.57 Å². The van der Waals surface area contributed by atoms with Crippen LogP contribution >= 0.6 is 21.6 Å². The third-order valence-electron chi connectivity index (χ3n) is 3.55. The Morgan fingerprint density at radius 1 is 1.04 bits per heavy atom. The van der Waals surface area contributed by atoms with Gasteiger partial charge in [-0.15, -0.1) is 0 Å². The summed E-state index contributed by atoms with van der Waals surface area (Å²) in [6.07, 6.45) is 4.94. The molecule has 0 radical (unpaired) electrons. The summed E-state index contributed by atoms with van der Waals surface area (Å²) in [5, 5.41) is 5.85. The summed E-state index contributed by atoms with van der Waals surface area (Å²) >= 11 is 0. The Kier molecular flexibility index (Phi) is 12.2. The molecule has 0 bridgehead atoms. The van der Waals surface area contributed by atoms with Crippen LogP contribution in [-0.2, 0) is 16.1 Å². The van der Waals surface area contributed by atoms with Gasteiger partial charge in [0.2, 0.25) is 11.8 Å². The van der Waals surface area contributed by atoms with Gasteiger partial charge in [0.1, 0.15) is 6.54 Å². The minimum absolute atomic E-state index is 0.117.